The van der Waals surface area contributed by atoms with E-state index >= 15 is 0 Å². The molecule has 160 valence electrons. The van der Waals surface area contributed by atoms with Crippen molar-refractivity contribution < 1.29 is 9.47 Å². The fourth-order valence-electron chi connectivity index (χ4n) is 3.26. The molecule has 0 bridgehead atoms. The zero-order chi connectivity index (χ0) is 19.7. The van der Waals surface area contributed by atoms with E-state index in [1.807, 2.05) is 19.1 Å². The first-order chi connectivity index (χ1) is 12.9. The van der Waals surface area contributed by atoms with Gasteiger partial charge in [-0.1, -0.05) is 23.7 Å². The van der Waals surface area contributed by atoms with Crippen LogP contribution in [0.3, 0.4) is 0 Å². The summed E-state index contributed by atoms with van der Waals surface area (Å²) < 4.78 is 11.3. The molecule has 0 amide bonds. The van der Waals surface area contributed by atoms with E-state index in [-0.39, 0.29) is 35.6 Å². The van der Waals surface area contributed by atoms with Gasteiger partial charge in [0.2, 0.25) is 0 Å². The van der Waals surface area contributed by atoms with Gasteiger partial charge in [-0.3, -0.25) is 9.89 Å². The lowest BCUT2D eigenvalue weighted by molar-refractivity contribution is -0.0971. The van der Waals surface area contributed by atoms with Gasteiger partial charge in [-0.15, -0.1) is 24.0 Å². The molecule has 1 atom stereocenters. The molecule has 1 fully saturated rings. The van der Waals surface area contributed by atoms with E-state index in [1.165, 1.54) is 5.56 Å². The monoisotopic (exact) mass is 524 g/mol. The van der Waals surface area contributed by atoms with Crippen LogP contribution in [0.4, 0.5) is 0 Å². The van der Waals surface area contributed by atoms with E-state index in [4.69, 9.17) is 21.1 Å². The molecular formula is C20H34ClIN4O2. The Bertz CT molecular complexity index is 598. The smallest absolute Gasteiger partial charge is 0.191 e. The maximum atomic E-state index is 6.09. The zero-order valence-corrected chi connectivity index (χ0v) is 20.4. The molecular weight excluding hydrogens is 491 g/mol. The van der Waals surface area contributed by atoms with E-state index in [9.17, 15) is 0 Å². The van der Waals surface area contributed by atoms with Crippen LogP contribution >= 0.6 is 35.6 Å². The van der Waals surface area contributed by atoms with Gasteiger partial charge in [0.1, 0.15) is 0 Å². The maximum Gasteiger partial charge on any atom is 0.191 e. The Morgan fingerprint density at radius 1 is 1.32 bits per heavy atom. The summed E-state index contributed by atoms with van der Waals surface area (Å²) in [5, 5.41) is 7.49. The van der Waals surface area contributed by atoms with E-state index < -0.39 is 0 Å². The van der Waals surface area contributed by atoms with Gasteiger partial charge in [0.15, 0.2) is 5.96 Å². The van der Waals surface area contributed by atoms with Crippen molar-refractivity contribution in [3.8, 4) is 0 Å². The summed E-state index contributed by atoms with van der Waals surface area (Å²) in [7, 11) is 1.78. The van der Waals surface area contributed by atoms with Crippen LogP contribution in [-0.2, 0) is 9.47 Å². The molecule has 1 aliphatic heterocycles. The summed E-state index contributed by atoms with van der Waals surface area (Å²) in [5.74, 6) is 0.779. The minimum atomic E-state index is -0.152. The zero-order valence-electron chi connectivity index (χ0n) is 17.3. The molecule has 1 heterocycles. The molecule has 1 aliphatic rings. The SMILES string of the molecule is CCOCCNC(=NC)NCC(c1ccc(Cl)cc1)N1CCOC(C)(C)C1.I. The first-order valence-corrected chi connectivity index (χ1v) is 9.98. The third-order valence-electron chi connectivity index (χ3n) is 4.58. The number of benzene rings is 1. The number of halogens is 2. The number of nitrogens with zero attached hydrogens (tertiary/aromatic N) is 2. The Kier molecular flexibility index (Phi) is 11.7. The fourth-order valence-corrected chi connectivity index (χ4v) is 3.39. The summed E-state index contributed by atoms with van der Waals surface area (Å²) in [6.45, 7) is 11.6. The van der Waals surface area contributed by atoms with Gasteiger partial charge in [-0.05, 0) is 38.5 Å². The quantitative estimate of drug-likeness (QED) is 0.237. The molecule has 1 aromatic rings. The minimum absolute atomic E-state index is 0. The van der Waals surface area contributed by atoms with E-state index in [2.05, 4.69) is 46.5 Å². The maximum absolute atomic E-state index is 6.09. The Hall–Kier alpha value is -0.610. The second-order valence-corrected chi connectivity index (χ2v) is 7.66. The summed E-state index contributed by atoms with van der Waals surface area (Å²) >= 11 is 6.09. The Balaban J connectivity index is 0.00000392. The van der Waals surface area contributed by atoms with Crippen LogP contribution in [-0.4, -0.2) is 69.5 Å². The summed E-state index contributed by atoms with van der Waals surface area (Å²) in [6, 6.07) is 8.30. The number of guanidine groups is 1. The summed E-state index contributed by atoms with van der Waals surface area (Å²) in [4.78, 5) is 6.78. The van der Waals surface area contributed by atoms with Crippen molar-refractivity contribution in [2.75, 3.05) is 53.0 Å². The summed E-state index contributed by atoms with van der Waals surface area (Å²) in [6.07, 6.45) is 0. The number of hydrogen-bond donors (Lipinski definition) is 2. The van der Waals surface area contributed by atoms with E-state index in [0.29, 0.717) is 6.61 Å². The highest BCUT2D eigenvalue weighted by molar-refractivity contribution is 14.0. The first-order valence-electron chi connectivity index (χ1n) is 9.61. The van der Waals surface area contributed by atoms with Gasteiger partial charge in [-0.25, -0.2) is 0 Å². The van der Waals surface area contributed by atoms with Crippen molar-refractivity contribution in [2.45, 2.75) is 32.4 Å². The number of hydrogen-bond acceptors (Lipinski definition) is 4. The number of nitrogens with one attached hydrogen (secondary N) is 2. The van der Waals surface area contributed by atoms with Gasteiger partial charge >= 0.3 is 0 Å². The van der Waals surface area contributed by atoms with E-state index in [1.54, 1.807) is 7.05 Å². The van der Waals surface area contributed by atoms with Crippen molar-refractivity contribution in [2.24, 2.45) is 4.99 Å². The van der Waals surface area contributed by atoms with Crippen LogP contribution in [0.25, 0.3) is 0 Å². The predicted molar refractivity (Wildman–Crippen MR) is 127 cm³/mol. The van der Waals surface area contributed by atoms with Crippen molar-refractivity contribution in [3.05, 3.63) is 34.9 Å². The Labute approximate surface area is 191 Å². The molecule has 1 unspecified atom stereocenters. The average molecular weight is 525 g/mol. The summed E-state index contributed by atoms with van der Waals surface area (Å²) in [5.41, 5.74) is 1.08. The highest BCUT2D eigenvalue weighted by atomic mass is 127. The lowest BCUT2D eigenvalue weighted by atomic mass is 10.0. The van der Waals surface area contributed by atoms with Crippen LogP contribution in [0.15, 0.2) is 29.3 Å². The van der Waals surface area contributed by atoms with Crippen LogP contribution in [0, 0.1) is 0 Å². The highest BCUT2D eigenvalue weighted by Crippen LogP contribution is 2.27. The molecule has 0 spiro atoms. The van der Waals surface area contributed by atoms with Crippen LogP contribution < -0.4 is 10.6 Å². The molecule has 1 saturated heterocycles. The third kappa shape index (κ3) is 8.41. The minimum Gasteiger partial charge on any atom is -0.380 e. The molecule has 2 rings (SSSR count). The number of aliphatic imine (C=N–C) groups is 1. The predicted octanol–water partition coefficient (Wildman–Crippen LogP) is 3.31. The second kappa shape index (κ2) is 12.8. The normalized spacial score (nSPS) is 18.2. The molecule has 1 aromatic carbocycles. The molecule has 28 heavy (non-hydrogen) atoms. The van der Waals surface area contributed by atoms with E-state index in [0.717, 1.165) is 50.4 Å². The van der Waals surface area contributed by atoms with Gasteiger partial charge < -0.3 is 20.1 Å². The second-order valence-electron chi connectivity index (χ2n) is 7.22. The van der Waals surface area contributed by atoms with Gasteiger partial charge in [-0.2, -0.15) is 0 Å². The molecule has 0 radical (unpaired) electrons. The largest absolute Gasteiger partial charge is 0.380 e. The Morgan fingerprint density at radius 3 is 2.64 bits per heavy atom. The topological polar surface area (TPSA) is 58.1 Å². The number of morpholine rings is 1. The van der Waals surface area contributed by atoms with Crippen LogP contribution in [0.1, 0.15) is 32.4 Å². The third-order valence-corrected chi connectivity index (χ3v) is 4.83. The molecule has 0 aliphatic carbocycles. The number of rotatable bonds is 8. The van der Waals surface area contributed by atoms with Gasteiger partial charge in [0.25, 0.3) is 0 Å². The molecule has 8 heteroatoms. The molecule has 2 N–H and O–H groups in total. The molecule has 0 aromatic heterocycles. The highest BCUT2D eigenvalue weighted by Gasteiger charge is 2.32. The number of ether oxygens (including phenoxy) is 2. The lowest BCUT2D eigenvalue weighted by Crippen LogP contribution is -2.52. The fraction of sp³-hybridized carbons (Fsp3) is 0.650. The van der Waals surface area contributed by atoms with Gasteiger partial charge in [0, 0.05) is 44.9 Å². The molecule has 0 saturated carbocycles. The van der Waals surface area contributed by atoms with Crippen molar-refractivity contribution in [1.29, 1.82) is 0 Å². The van der Waals surface area contributed by atoms with Crippen molar-refractivity contribution in [3.63, 3.8) is 0 Å². The average Bonchev–Trinajstić information content (AvgIpc) is 2.64. The lowest BCUT2D eigenvalue weighted by Gasteiger charge is -2.42. The Morgan fingerprint density at radius 2 is 2.04 bits per heavy atom. The standard InChI is InChI=1S/C20H33ClN4O2.HI/c1-5-26-12-10-23-19(22-4)24-14-18(16-6-8-17(21)9-7-16)25-11-13-27-20(2,3)15-25;/h6-9,18H,5,10-15H2,1-4H3,(H2,22,23,24);1H. The van der Waals surface area contributed by atoms with Crippen LogP contribution in [0.2, 0.25) is 5.02 Å². The van der Waals surface area contributed by atoms with Gasteiger partial charge in [0.05, 0.1) is 24.9 Å². The van der Waals surface area contributed by atoms with Crippen molar-refractivity contribution >= 4 is 41.5 Å². The first kappa shape index (κ1) is 25.4. The molecule has 6 nitrogen and oxygen atoms in total. The van der Waals surface area contributed by atoms with Crippen molar-refractivity contribution in [1.82, 2.24) is 15.5 Å². The van der Waals surface area contributed by atoms with Crippen LogP contribution in [0.5, 0.6) is 0 Å².